The molecule has 7 nitrogen and oxygen atoms in total. The van der Waals surface area contributed by atoms with Crippen LogP contribution in [0, 0.1) is 5.92 Å². The average Bonchev–Trinajstić information content (AvgIpc) is 3.29. The number of methoxy groups -OCH3 is 1. The fourth-order valence-corrected chi connectivity index (χ4v) is 7.74. The SMILES string of the molecule is C=CCN1CC[C@]23c4c5ccc(OC(=O)COC)c4OC2C(N(C)C(=O)/C=C/c2ccccc2)CC[C@H]3[C@H]1C5. The second kappa shape index (κ2) is 10.3. The number of nitrogens with zero attached hydrogens (tertiary/aromatic N) is 2. The Morgan fingerprint density at radius 1 is 1.21 bits per heavy atom. The van der Waals surface area contributed by atoms with Gasteiger partial charge in [0, 0.05) is 43.8 Å². The van der Waals surface area contributed by atoms with Gasteiger partial charge >= 0.3 is 5.97 Å². The van der Waals surface area contributed by atoms with E-state index in [4.69, 9.17) is 14.2 Å². The van der Waals surface area contributed by atoms with E-state index in [0.29, 0.717) is 23.5 Å². The Balaban J connectivity index is 1.37. The number of likely N-dealkylation sites (tertiary alicyclic amines) is 1. The lowest BCUT2D eigenvalue weighted by atomic mass is 9.51. The Bertz CT molecular complexity index is 1310. The van der Waals surface area contributed by atoms with Crippen molar-refractivity contribution in [3.05, 3.63) is 77.9 Å². The van der Waals surface area contributed by atoms with Gasteiger partial charge in [0.1, 0.15) is 12.7 Å². The van der Waals surface area contributed by atoms with Gasteiger partial charge in [-0.15, -0.1) is 6.58 Å². The summed E-state index contributed by atoms with van der Waals surface area (Å²) in [6.07, 6.45) is 9.04. The number of hydrogen-bond acceptors (Lipinski definition) is 6. The number of carbonyl (C=O) groups is 2. The van der Waals surface area contributed by atoms with Crippen molar-refractivity contribution in [2.24, 2.45) is 5.92 Å². The quantitative estimate of drug-likeness (QED) is 0.223. The lowest BCUT2D eigenvalue weighted by Crippen LogP contribution is -2.68. The largest absolute Gasteiger partial charge is 0.483 e. The molecule has 1 spiro atoms. The number of likely N-dealkylation sites (N-methyl/N-ethyl adjacent to an activating group) is 1. The lowest BCUT2D eigenvalue weighted by Gasteiger charge is -2.60. The first-order valence-corrected chi connectivity index (χ1v) is 13.9. The summed E-state index contributed by atoms with van der Waals surface area (Å²) in [7, 11) is 3.36. The van der Waals surface area contributed by atoms with Crippen molar-refractivity contribution in [3.8, 4) is 11.5 Å². The van der Waals surface area contributed by atoms with E-state index in [0.717, 1.165) is 44.3 Å². The van der Waals surface area contributed by atoms with Gasteiger partial charge < -0.3 is 19.1 Å². The van der Waals surface area contributed by atoms with Crippen LogP contribution in [0.4, 0.5) is 0 Å². The molecule has 39 heavy (non-hydrogen) atoms. The first-order chi connectivity index (χ1) is 19.0. The Kier molecular flexibility index (Phi) is 6.81. The van der Waals surface area contributed by atoms with Gasteiger partial charge in [-0.25, -0.2) is 4.79 Å². The topological polar surface area (TPSA) is 68.3 Å². The van der Waals surface area contributed by atoms with Crippen LogP contribution < -0.4 is 9.47 Å². The zero-order valence-corrected chi connectivity index (χ0v) is 22.7. The standard InChI is InChI=1S/C32H36N2O5/c1-4-17-34-18-16-32-23-12-13-24(33(2)27(35)15-10-21-8-6-5-7-9-21)31(32)39-30-26(38-28(36)20-37-3)14-11-22(29(30)32)19-25(23)34/h4-11,14-15,23-25,31H,1,12-13,16-20H2,2-3H3/b15-10+/t23-,24?,25+,31?,32-/m0/s1. The molecular weight excluding hydrogens is 492 g/mol. The second-order valence-electron chi connectivity index (χ2n) is 11.2. The summed E-state index contributed by atoms with van der Waals surface area (Å²) in [5.41, 5.74) is 3.21. The molecule has 0 radical (unpaired) electrons. The van der Waals surface area contributed by atoms with Gasteiger partial charge in [0.2, 0.25) is 5.91 Å². The Labute approximate surface area is 230 Å². The summed E-state index contributed by atoms with van der Waals surface area (Å²) in [6.45, 7) is 5.69. The van der Waals surface area contributed by atoms with E-state index < -0.39 is 5.97 Å². The van der Waals surface area contributed by atoms with Crippen molar-refractivity contribution in [1.82, 2.24) is 9.80 Å². The van der Waals surface area contributed by atoms with Crippen LogP contribution in [0.25, 0.3) is 6.08 Å². The molecule has 0 aromatic heterocycles. The molecule has 2 unspecified atom stereocenters. The fourth-order valence-electron chi connectivity index (χ4n) is 7.74. The molecule has 1 amide bonds. The van der Waals surface area contributed by atoms with Crippen molar-refractivity contribution in [3.63, 3.8) is 0 Å². The molecule has 2 aliphatic carbocycles. The maximum Gasteiger partial charge on any atom is 0.337 e. The van der Waals surface area contributed by atoms with Crippen LogP contribution in [0.1, 0.15) is 36.0 Å². The van der Waals surface area contributed by atoms with Crippen LogP contribution in [0.2, 0.25) is 0 Å². The van der Waals surface area contributed by atoms with E-state index in [-0.39, 0.29) is 30.1 Å². The maximum absolute atomic E-state index is 13.4. The van der Waals surface area contributed by atoms with E-state index in [1.54, 1.807) is 6.08 Å². The molecule has 6 rings (SSSR count). The summed E-state index contributed by atoms with van der Waals surface area (Å²) in [5, 5.41) is 0. The number of piperidine rings is 1. The van der Waals surface area contributed by atoms with Crippen LogP contribution >= 0.6 is 0 Å². The van der Waals surface area contributed by atoms with Crippen LogP contribution in [0.3, 0.4) is 0 Å². The summed E-state index contributed by atoms with van der Waals surface area (Å²) in [5.74, 6) is 1.03. The number of benzene rings is 2. The third kappa shape index (κ3) is 4.19. The predicted molar refractivity (Wildman–Crippen MR) is 149 cm³/mol. The van der Waals surface area contributed by atoms with Gasteiger partial charge in [0.05, 0.1) is 6.04 Å². The van der Waals surface area contributed by atoms with Crippen LogP contribution in [-0.4, -0.2) is 73.7 Å². The summed E-state index contributed by atoms with van der Waals surface area (Å²) >= 11 is 0. The van der Waals surface area contributed by atoms with Gasteiger partial charge in [-0.05, 0) is 61.4 Å². The Morgan fingerprint density at radius 2 is 2.03 bits per heavy atom. The zero-order chi connectivity index (χ0) is 27.1. The van der Waals surface area contributed by atoms with Crippen molar-refractivity contribution >= 4 is 18.0 Å². The summed E-state index contributed by atoms with van der Waals surface area (Å²) in [4.78, 5) is 30.2. The normalized spacial score (nSPS) is 28.5. The molecule has 2 heterocycles. The highest BCUT2D eigenvalue weighted by atomic mass is 16.6. The molecule has 4 aliphatic rings. The van der Waals surface area contributed by atoms with Gasteiger partial charge in [-0.2, -0.15) is 0 Å². The van der Waals surface area contributed by atoms with E-state index in [9.17, 15) is 9.59 Å². The average molecular weight is 529 g/mol. The molecule has 2 bridgehead atoms. The summed E-state index contributed by atoms with van der Waals surface area (Å²) < 4.78 is 17.6. The van der Waals surface area contributed by atoms with Gasteiger partial charge in [-0.3, -0.25) is 9.69 Å². The Hall–Kier alpha value is -3.42. The fraction of sp³-hybridized carbons (Fsp3) is 0.438. The van der Waals surface area contributed by atoms with Crippen molar-refractivity contribution in [1.29, 1.82) is 0 Å². The number of rotatable bonds is 8. The molecule has 204 valence electrons. The minimum Gasteiger partial charge on any atom is -0.483 e. The van der Waals surface area contributed by atoms with E-state index in [1.807, 2.05) is 60.5 Å². The lowest BCUT2D eigenvalue weighted by molar-refractivity contribution is -0.138. The molecule has 2 aliphatic heterocycles. The number of hydrogen-bond donors (Lipinski definition) is 0. The van der Waals surface area contributed by atoms with Gasteiger partial charge in [0.25, 0.3) is 0 Å². The molecule has 0 N–H and O–H groups in total. The number of esters is 1. The molecule has 2 fully saturated rings. The first-order valence-electron chi connectivity index (χ1n) is 13.9. The Morgan fingerprint density at radius 3 is 2.79 bits per heavy atom. The van der Waals surface area contributed by atoms with E-state index in [2.05, 4.69) is 17.5 Å². The van der Waals surface area contributed by atoms with Crippen LogP contribution in [0.5, 0.6) is 11.5 Å². The van der Waals surface area contributed by atoms with Crippen LogP contribution in [-0.2, 0) is 26.2 Å². The maximum atomic E-state index is 13.4. The summed E-state index contributed by atoms with van der Waals surface area (Å²) in [6, 6.07) is 14.1. The number of amides is 1. The zero-order valence-electron chi connectivity index (χ0n) is 22.7. The van der Waals surface area contributed by atoms with Crippen molar-refractivity contribution in [2.45, 2.75) is 49.3 Å². The molecule has 2 aromatic carbocycles. The molecule has 7 heteroatoms. The smallest absolute Gasteiger partial charge is 0.337 e. The van der Waals surface area contributed by atoms with Crippen LogP contribution in [0.15, 0.2) is 61.2 Å². The van der Waals surface area contributed by atoms with Crippen molar-refractivity contribution < 1.29 is 23.8 Å². The highest BCUT2D eigenvalue weighted by Crippen LogP contribution is 2.64. The third-order valence-electron chi connectivity index (χ3n) is 9.30. The molecular formula is C32H36N2O5. The minimum atomic E-state index is -0.453. The van der Waals surface area contributed by atoms with E-state index >= 15 is 0 Å². The van der Waals surface area contributed by atoms with Gasteiger partial charge in [0.15, 0.2) is 11.5 Å². The number of carbonyl (C=O) groups excluding carboxylic acids is 2. The first kappa shape index (κ1) is 25.8. The highest BCUT2D eigenvalue weighted by molar-refractivity contribution is 5.92. The third-order valence-corrected chi connectivity index (χ3v) is 9.30. The minimum absolute atomic E-state index is 0.0401. The molecule has 5 atom stereocenters. The highest BCUT2D eigenvalue weighted by Gasteiger charge is 2.66. The van der Waals surface area contributed by atoms with Gasteiger partial charge in [-0.1, -0.05) is 42.5 Å². The van der Waals surface area contributed by atoms with E-state index in [1.165, 1.54) is 18.2 Å². The number of ether oxygens (including phenoxy) is 3. The predicted octanol–water partition coefficient (Wildman–Crippen LogP) is 4.00. The molecule has 1 saturated heterocycles. The second-order valence-corrected chi connectivity index (χ2v) is 11.2. The monoisotopic (exact) mass is 528 g/mol. The van der Waals surface area contributed by atoms with Crippen molar-refractivity contribution in [2.75, 3.05) is 33.9 Å². The molecule has 2 aromatic rings. The molecule has 1 saturated carbocycles.